The van der Waals surface area contributed by atoms with Gasteiger partial charge in [0.05, 0.1) is 4.90 Å². The third-order valence-corrected chi connectivity index (χ3v) is 8.24. The molecule has 0 unspecified atom stereocenters. The van der Waals surface area contributed by atoms with E-state index in [0.717, 1.165) is 17.9 Å². The van der Waals surface area contributed by atoms with Gasteiger partial charge in [0.25, 0.3) is 0 Å². The van der Waals surface area contributed by atoms with E-state index in [2.05, 4.69) is 0 Å². The standard InChI is InChI=1S/C19H25FN2O3S/c20-17-2-1-3-18(13-17)26(24,25)22-8-6-21(7-9-22)19(23)12-16-11-14-4-5-15(16)10-14/h1-3,13-16H,4-12H2/t14-,15+,16-/m0/s1. The number of carbonyl (C=O) groups is 1. The molecule has 4 rings (SSSR count). The summed E-state index contributed by atoms with van der Waals surface area (Å²) in [4.78, 5) is 14.4. The molecule has 3 aliphatic rings. The molecule has 1 amide bonds. The first-order valence-electron chi connectivity index (χ1n) is 9.47. The van der Waals surface area contributed by atoms with E-state index in [-0.39, 0.29) is 23.9 Å². The lowest BCUT2D eigenvalue weighted by Gasteiger charge is -2.35. The molecule has 1 saturated heterocycles. The molecule has 0 radical (unpaired) electrons. The first-order chi connectivity index (χ1) is 12.4. The largest absolute Gasteiger partial charge is 0.340 e. The van der Waals surface area contributed by atoms with Crippen molar-refractivity contribution in [1.29, 1.82) is 0 Å². The monoisotopic (exact) mass is 380 g/mol. The van der Waals surface area contributed by atoms with Crippen LogP contribution in [0.25, 0.3) is 0 Å². The summed E-state index contributed by atoms with van der Waals surface area (Å²) in [7, 11) is -3.71. The fraction of sp³-hybridized carbons (Fsp3) is 0.632. The van der Waals surface area contributed by atoms with Gasteiger partial charge in [-0.3, -0.25) is 4.79 Å². The van der Waals surface area contributed by atoms with Crippen LogP contribution in [0.2, 0.25) is 0 Å². The summed E-state index contributed by atoms with van der Waals surface area (Å²) in [6, 6.07) is 5.08. The van der Waals surface area contributed by atoms with E-state index in [1.807, 2.05) is 0 Å². The third-order valence-electron chi connectivity index (χ3n) is 6.35. The van der Waals surface area contributed by atoms with E-state index in [9.17, 15) is 17.6 Å². The minimum absolute atomic E-state index is 0.0285. The highest BCUT2D eigenvalue weighted by atomic mass is 32.2. The number of amides is 1. The summed E-state index contributed by atoms with van der Waals surface area (Å²) in [6.45, 7) is 1.35. The van der Waals surface area contributed by atoms with Crippen LogP contribution >= 0.6 is 0 Å². The molecule has 2 bridgehead atoms. The van der Waals surface area contributed by atoms with Gasteiger partial charge in [-0.05, 0) is 55.2 Å². The van der Waals surface area contributed by atoms with Crippen LogP contribution in [0.15, 0.2) is 29.2 Å². The number of nitrogens with zero attached hydrogens (tertiary/aromatic N) is 2. The predicted molar refractivity (Wildman–Crippen MR) is 95.3 cm³/mol. The van der Waals surface area contributed by atoms with Gasteiger partial charge < -0.3 is 4.90 Å². The van der Waals surface area contributed by atoms with Crippen LogP contribution in [0.4, 0.5) is 4.39 Å². The van der Waals surface area contributed by atoms with Gasteiger partial charge in [0.15, 0.2) is 0 Å². The highest BCUT2D eigenvalue weighted by molar-refractivity contribution is 7.89. The highest BCUT2D eigenvalue weighted by Gasteiger charge is 2.41. The molecule has 1 heterocycles. The lowest BCUT2D eigenvalue weighted by atomic mass is 9.86. The van der Waals surface area contributed by atoms with E-state index >= 15 is 0 Å². The van der Waals surface area contributed by atoms with Crippen molar-refractivity contribution in [2.24, 2.45) is 17.8 Å². The molecule has 142 valence electrons. The van der Waals surface area contributed by atoms with Crippen LogP contribution in [-0.2, 0) is 14.8 Å². The Bertz CT molecular complexity index is 790. The molecule has 5 nitrogen and oxygen atoms in total. The van der Waals surface area contributed by atoms with E-state index in [0.29, 0.717) is 25.4 Å². The van der Waals surface area contributed by atoms with Crippen LogP contribution in [0.5, 0.6) is 0 Å². The van der Waals surface area contributed by atoms with Gasteiger partial charge >= 0.3 is 0 Å². The number of carbonyl (C=O) groups excluding carboxylic acids is 1. The average molecular weight is 380 g/mol. The van der Waals surface area contributed by atoms with Crippen molar-refractivity contribution < 1.29 is 17.6 Å². The van der Waals surface area contributed by atoms with Crippen molar-refractivity contribution in [3.05, 3.63) is 30.1 Å². The van der Waals surface area contributed by atoms with Crippen LogP contribution in [0.1, 0.15) is 32.1 Å². The number of hydrogen-bond donors (Lipinski definition) is 0. The van der Waals surface area contributed by atoms with Crippen molar-refractivity contribution >= 4 is 15.9 Å². The van der Waals surface area contributed by atoms with Gasteiger partial charge in [-0.2, -0.15) is 4.31 Å². The molecule has 1 aromatic rings. The maximum absolute atomic E-state index is 13.4. The summed E-state index contributed by atoms with van der Waals surface area (Å²) < 4.78 is 40.0. The molecule has 26 heavy (non-hydrogen) atoms. The van der Waals surface area contributed by atoms with Gasteiger partial charge in [0.1, 0.15) is 5.82 Å². The van der Waals surface area contributed by atoms with Gasteiger partial charge in [-0.15, -0.1) is 0 Å². The third kappa shape index (κ3) is 3.39. The van der Waals surface area contributed by atoms with E-state index in [1.165, 1.54) is 48.2 Å². The summed E-state index contributed by atoms with van der Waals surface area (Å²) in [5.74, 6) is 1.66. The average Bonchev–Trinajstić information content (AvgIpc) is 3.25. The summed E-state index contributed by atoms with van der Waals surface area (Å²) in [6.07, 6.45) is 5.67. The molecular weight excluding hydrogens is 355 g/mol. The van der Waals surface area contributed by atoms with Crippen molar-refractivity contribution in [3.63, 3.8) is 0 Å². The quantitative estimate of drug-likeness (QED) is 0.806. The Labute approximate surface area is 154 Å². The lowest BCUT2D eigenvalue weighted by molar-refractivity contribution is -0.133. The fourth-order valence-corrected chi connectivity index (χ4v) is 6.39. The number of piperazine rings is 1. The van der Waals surface area contributed by atoms with E-state index < -0.39 is 15.8 Å². The Hall–Kier alpha value is -1.47. The molecule has 0 N–H and O–H groups in total. The van der Waals surface area contributed by atoms with Gasteiger partial charge in [0, 0.05) is 32.6 Å². The number of benzene rings is 1. The molecule has 0 spiro atoms. The summed E-state index contributed by atoms with van der Waals surface area (Å²) in [5.41, 5.74) is 0. The second kappa shape index (κ2) is 6.93. The Morgan fingerprint density at radius 2 is 1.88 bits per heavy atom. The first kappa shape index (κ1) is 17.9. The molecule has 7 heteroatoms. The lowest BCUT2D eigenvalue weighted by Crippen LogP contribution is -2.50. The molecule has 1 aliphatic heterocycles. The Kier molecular flexibility index (Phi) is 4.77. The minimum atomic E-state index is -3.71. The van der Waals surface area contributed by atoms with Gasteiger partial charge in [-0.25, -0.2) is 12.8 Å². The highest BCUT2D eigenvalue weighted by Crippen LogP contribution is 2.49. The SMILES string of the molecule is O=C(C[C@@H]1C[C@H]2CC[C@@H]1C2)N1CCN(S(=O)(=O)c2cccc(F)c2)CC1. The molecule has 2 saturated carbocycles. The second-order valence-electron chi connectivity index (χ2n) is 7.88. The predicted octanol–water partition coefficient (Wildman–Crippen LogP) is 2.48. The Morgan fingerprint density at radius 3 is 2.50 bits per heavy atom. The van der Waals surface area contributed by atoms with E-state index in [1.54, 1.807) is 4.90 Å². The molecule has 0 aromatic heterocycles. The van der Waals surface area contributed by atoms with Crippen molar-refractivity contribution in [2.75, 3.05) is 26.2 Å². The number of fused-ring (bicyclic) bond motifs is 2. The van der Waals surface area contributed by atoms with E-state index in [4.69, 9.17) is 0 Å². The fourth-order valence-electron chi connectivity index (χ4n) is 4.93. The molecule has 3 fully saturated rings. The number of hydrogen-bond acceptors (Lipinski definition) is 3. The van der Waals surface area contributed by atoms with Crippen LogP contribution < -0.4 is 0 Å². The number of rotatable bonds is 4. The topological polar surface area (TPSA) is 57.7 Å². The summed E-state index contributed by atoms with van der Waals surface area (Å²) in [5, 5.41) is 0. The van der Waals surface area contributed by atoms with Gasteiger partial charge in [0.2, 0.25) is 15.9 Å². The maximum Gasteiger partial charge on any atom is 0.243 e. The number of halogens is 1. The molecule has 1 aromatic carbocycles. The smallest absolute Gasteiger partial charge is 0.243 e. The zero-order valence-corrected chi connectivity index (χ0v) is 15.6. The Morgan fingerprint density at radius 1 is 1.12 bits per heavy atom. The van der Waals surface area contributed by atoms with Crippen LogP contribution in [0, 0.1) is 23.6 Å². The Balaban J connectivity index is 1.34. The second-order valence-corrected chi connectivity index (χ2v) is 9.82. The molecular formula is C19H25FN2O3S. The van der Waals surface area contributed by atoms with Crippen molar-refractivity contribution in [1.82, 2.24) is 9.21 Å². The first-order valence-corrected chi connectivity index (χ1v) is 10.9. The molecule has 3 atom stereocenters. The zero-order chi connectivity index (χ0) is 18.3. The van der Waals surface area contributed by atoms with Crippen LogP contribution in [-0.4, -0.2) is 49.7 Å². The van der Waals surface area contributed by atoms with Crippen LogP contribution in [0.3, 0.4) is 0 Å². The zero-order valence-electron chi connectivity index (χ0n) is 14.8. The molecule has 2 aliphatic carbocycles. The number of sulfonamides is 1. The maximum atomic E-state index is 13.4. The minimum Gasteiger partial charge on any atom is -0.340 e. The van der Waals surface area contributed by atoms with Gasteiger partial charge in [-0.1, -0.05) is 12.5 Å². The summed E-state index contributed by atoms with van der Waals surface area (Å²) >= 11 is 0. The van der Waals surface area contributed by atoms with Crippen molar-refractivity contribution in [3.8, 4) is 0 Å². The normalized spacial score (nSPS) is 29.3. The van der Waals surface area contributed by atoms with Crippen molar-refractivity contribution in [2.45, 2.75) is 37.0 Å².